The number of hydrogen-bond donors (Lipinski definition) is 1. The minimum Gasteiger partial charge on any atom is -0.482 e. The fraction of sp³-hybridized carbons (Fsp3) is 0.143. The van der Waals surface area contributed by atoms with Gasteiger partial charge in [0.1, 0.15) is 18.6 Å². The van der Waals surface area contributed by atoms with E-state index in [-0.39, 0.29) is 18.1 Å². The highest BCUT2D eigenvalue weighted by Gasteiger charge is 2.30. The molecule has 0 radical (unpaired) electrons. The van der Waals surface area contributed by atoms with E-state index in [4.69, 9.17) is 14.3 Å². The zero-order valence-corrected chi connectivity index (χ0v) is 11.3. The van der Waals surface area contributed by atoms with Crippen molar-refractivity contribution < 1.29 is 37.0 Å². The maximum Gasteiger partial charge on any atom is 0.573 e. The lowest BCUT2D eigenvalue weighted by Crippen LogP contribution is -2.17. The Bertz CT molecular complexity index is 748. The number of carboxylic acid groups (broad SMARTS) is 1. The summed E-state index contributed by atoms with van der Waals surface area (Å²) in [7, 11) is 0. The van der Waals surface area contributed by atoms with Crippen LogP contribution in [-0.2, 0) is 6.61 Å². The first-order valence-electron chi connectivity index (χ1n) is 6.08. The van der Waals surface area contributed by atoms with Gasteiger partial charge in [-0.15, -0.1) is 13.2 Å². The van der Waals surface area contributed by atoms with Crippen molar-refractivity contribution in [2.45, 2.75) is 13.0 Å². The van der Waals surface area contributed by atoms with E-state index in [2.05, 4.69) is 4.74 Å². The maximum absolute atomic E-state index is 12.0. The van der Waals surface area contributed by atoms with Gasteiger partial charge in [0.05, 0.1) is 0 Å². The molecular weight excluding hydrogens is 321 g/mol. The lowest BCUT2D eigenvalue weighted by atomic mass is 10.2. The smallest absolute Gasteiger partial charge is 0.482 e. The number of carbonyl (C=O) groups is 1. The van der Waals surface area contributed by atoms with E-state index in [9.17, 15) is 22.8 Å². The Hall–Kier alpha value is -2.97. The predicted molar refractivity (Wildman–Crippen MR) is 69.4 cm³/mol. The Morgan fingerprint density at radius 3 is 2.39 bits per heavy atom. The molecule has 1 heterocycles. The number of hydrogen-bond acceptors (Lipinski definition) is 5. The van der Waals surface area contributed by atoms with Gasteiger partial charge < -0.3 is 19.0 Å². The third-order valence-electron chi connectivity index (χ3n) is 2.56. The normalized spacial score (nSPS) is 11.1. The molecule has 2 aromatic rings. The number of rotatable bonds is 5. The van der Waals surface area contributed by atoms with Gasteiger partial charge >= 0.3 is 12.3 Å². The van der Waals surface area contributed by atoms with E-state index in [0.717, 1.165) is 24.5 Å². The molecule has 0 amide bonds. The van der Waals surface area contributed by atoms with Gasteiger partial charge in [0, 0.05) is 6.07 Å². The molecule has 9 heteroatoms. The summed E-state index contributed by atoms with van der Waals surface area (Å²) in [5.41, 5.74) is -0.216. The first-order chi connectivity index (χ1) is 10.7. The van der Waals surface area contributed by atoms with Crippen molar-refractivity contribution in [1.29, 1.82) is 0 Å². The van der Waals surface area contributed by atoms with Crippen molar-refractivity contribution in [2.75, 3.05) is 0 Å². The summed E-state index contributed by atoms with van der Waals surface area (Å²) in [4.78, 5) is 22.2. The molecule has 2 rings (SSSR count). The molecule has 0 spiro atoms. The highest BCUT2D eigenvalue weighted by molar-refractivity contribution is 5.84. The van der Waals surface area contributed by atoms with Crippen LogP contribution in [-0.4, -0.2) is 17.4 Å². The van der Waals surface area contributed by atoms with E-state index >= 15 is 0 Å². The van der Waals surface area contributed by atoms with Crippen molar-refractivity contribution in [1.82, 2.24) is 0 Å². The number of ether oxygens (including phenoxy) is 2. The molecule has 1 N–H and O–H groups in total. The van der Waals surface area contributed by atoms with Crippen LogP contribution in [0.4, 0.5) is 13.2 Å². The van der Waals surface area contributed by atoms with Gasteiger partial charge in [-0.25, -0.2) is 4.79 Å². The van der Waals surface area contributed by atoms with Crippen molar-refractivity contribution >= 4 is 5.97 Å². The summed E-state index contributed by atoms with van der Waals surface area (Å²) in [6.07, 6.45) is -3.92. The topological polar surface area (TPSA) is 86.0 Å². The molecule has 0 aliphatic carbocycles. The molecule has 0 aliphatic heterocycles. The lowest BCUT2D eigenvalue weighted by Gasteiger charge is -2.09. The summed E-state index contributed by atoms with van der Waals surface area (Å²) in [5, 5.41) is 8.65. The van der Waals surface area contributed by atoms with Crippen LogP contribution in [0.5, 0.6) is 11.5 Å². The average Bonchev–Trinajstić information content (AvgIpc) is 2.45. The summed E-state index contributed by atoms with van der Waals surface area (Å²) < 4.78 is 49.6. The number of alkyl halides is 3. The fourth-order valence-corrected chi connectivity index (χ4v) is 1.57. The van der Waals surface area contributed by atoms with E-state index in [1.54, 1.807) is 0 Å². The van der Waals surface area contributed by atoms with Gasteiger partial charge in [-0.05, 0) is 17.7 Å². The molecule has 23 heavy (non-hydrogen) atoms. The van der Waals surface area contributed by atoms with E-state index < -0.39 is 23.5 Å². The lowest BCUT2D eigenvalue weighted by molar-refractivity contribution is -0.274. The van der Waals surface area contributed by atoms with E-state index in [1.165, 1.54) is 12.1 Å². The number of aromatic carboxylic acids is 1. The summed E-state index contributed by atoms with van der Waals surface area (Å²) in [5.74, 6) is -2.53. The fourth-order valence-electron chi connectivity index (χ4n) is 1.57. The SMILES string of the molecule is O=C(O)c1cc(=O)c(OCc2ccc(OC(F)(F)F)cc2)co1. The van der Waals surface area contributed by atoms with Crippen LogP contribution in [0.2, 0.25) is 0 Å². The Labute approximate surface area is 126 Å². The third kappa shape index (κ3) is 4.77. The number of halogens is 3. The minimum atomic E-state index is -4.77. The Balaban J connectivity index is 2.01. The second kappa shape index (κ2) is 6.42. The molecule has 0 aliphatic rings. The Morgan fingerprint density at radius 1 is 1.22 bits per heavy atom. The highest BCUT2D eigenvalue weighted by atomic mass is 19.4. The molecule has 0 atom stereocenters. The summed E-state index contributed by atoms with van der Waals surface area (Å²) in [6, 6.07) is 5.62. The van der Waals surface area contributed by atoms with Gasteiger partial charge in [-0.3, -0.25) is 4.79 Å². The molecule has 1 aromatic carbocycles. The molecule has 122 valence electrons. The third-order valence-corrected chi connectivity index (χ3v) is 2.56. The number of carboxylic acids is 1. The van der Waals surface area contributed by atoms with Crippen LogP contribution in [0.25, 0.3) is 0 Å². The van der Waals surface area contributed by atoms with Crippen LogP contribution < -0.4 is 14.9 Å². The van der Waals surface area contributed by atoms with Crippen molar-refractivity contribution in [3.8, 4) is 11.5 Å². The number of benzene rings is 1. The first-order valence-corrected chi connectivity index (χ1v) is 6.08. The first kappa shape index (κ1) is 16.4. The van der Waals surface area contributed by atoms with Crippen molar-refractivity contribution in [3.05, 3.63) is 58.1 Å². The van der Waals surface area contributed by atoms with Crippen LogP contribution in [0, 0.1) is 0 Å². The molecule has 0 fully saturated rings. The molecule has 0 bridgehead atoms. The van der Waals surface area contributed by atoms with Crippen LogP contribution in [0.3, 0.4) is 0 Å². The summed E-state index contributed by atoms with van der Waals surface area (Å²) >= 11 is 0. The summed E-state index contributed by atoms with van der Waals surface area (Å²) in [6.45, 7) is -0.122. The maximum atomic E-state index is 12.0. The van der Waals surface area contributed by atoms with Crippen LogP contribution in [0.1, 0.15) is 16.1 Å². The van der Waals surface area contributed by atoms with Gasteiger partial charge in [0.25, 0.3) is 0 Å². The zero-order chi connectivity index (χ0) is 17.0. The van der Waals surface area contributed by atoms with Crippen molar-refractivity contribution in [2.24, 2.45) is 0 Å². The molecule has 0 unspecified atom stereocenters. The Kier molecular flexibility index (Phi) is 4.58. The van der Waals surface area contributed by atoms with Crippen molar-refractivity contribution in [3.63, 3.8) is 0 Å². The highest BCUT2D eigenvalue weighted by Crippen LogP contribution is 2.23. The van der Waals surface area contributed by atoms with Gasteiger partial charge in [0.15, 0.2) is 0 Å². The monoisotopic (exact) mass is 330 g/mol. The van der Waals surface area contributed by atoms with Gasteiger partial charge in [-0.1, -0.05) is 12.1 Å². The van der Waals surface area contributed by atoms with E-state index in [1.807, 2.05) is 0 Å². The quantitative estimate of drug-likeness (QED) is 0.907. The molecule has 6 nitrogen and oxygen atoms in total. The second-order valence-corrected chi connectivity index (χ2v) is 4.26. The predicted octanol–water partition coefficient (Wildman–Crippen LogP) is 2.82. The Morgan fingerprint density at radius 2 is 1.87 bits per heavy atom. The van der Waals surface area contributed by atoms with Gasteiger partial charge in [-0.2, -0.15) is 0 Å². The molecule has 0 saturated carbocycles. The molecule has 1 aromatic heterocycles. The standard InChI is InChI=1S/C14H9F3O6/c15-14(16,17)23-9-3-1-8(2-4-9)6-21-12-7-22-11(13(19)20)5-10(12)18/h1-5,7H,6H2,(H,19,20). The minimum absolute atomic E-state index is 0.122. The zero-order valence-electron chi connectivity index (χ0n) is 11.3. The second-order valence-electron chi connectivity index (χ2n) is 4.26. The molecule has 0 saturated heterocycles. The van der Waals surface area contributed by atoms with Crippen LogP contribution in [0.15, 0.2) is 45.8 Å². The van der Waals surface area contributed by atoms with Crippen LogP contribution >= 0.6 is 0 Å². The molecular formula is C14H9F3O6. The largest absolute Gasteiger partial charge is 0.573 e. The van der Waals surface area contributed by atoms with Gasteiger partial charge in [0.2, 0.25) is 16.9 Å². The van der Waals surface area contributed by atoms with E-state index in [0.29, 0.717) is 5.56 Å². The average molecular weight is 330 g/mol.